The van der Waals surface area contributed by atoms with Gasteiger partial charge in [0.15, 0.2) is 0 Å². The smallest absolute Gasteiger partial charge is 0.306 e. The quantitative estimate of drug-likeness (QED) is 0.0377. The van der Waals surface area contributed by atoms with E-state index in [2.05, 4.69) is 86.8 Å². The molecule has 348 valence electrons. The van der Waals surface area contributed by atoms with E-state index >= 15 is 0 Å². The van der Waals surface area contributed by atoms with Gasteiger partial charge in [0.1, 0.15) is 6.10 Å². The van der Waals surface area contributed by atoms with E-state index in [1.54, 1.807) is 0 Å². The lowest BCUT2D eigenvalue weighted by Gasteiger charge is -2.16. The van der Waals surface area contributed by atoms with Crippen molar-refractivity contribution >= 4 is 5.97 Å². The van der Waals surface area contributed by atoms with E-state index in [0.717, 1.165) is 64.2 Å². The first-order valence-corrected chi connectivity index (χ1v) is 26.0. The van der Waals surface area contributed by atoms with Gasteiger partial charge in [-0.15, -0.1) is 0 Å². The van der Waals surface area contributed by atoms with Crippen LogP contribution in [0, 0.1) is 0 Å². The van der Waals surface area contributed by atoms with Crippen LogP contribution in [-0.4, -0.2) is 37.0 Å². The Kier molecular flexibility index (Phi) is 51.1. The summed E-state index contributed by atoms with van der Waals surface area (Å²) in [7, 11) is 0. The number of aliphatic hydroxyl groups is 1. The number of carbonyl (C=O) groups excluding carboxylic acids is 1. The van der Waals surface area contributed by atoms with Gasteiger partial charge in [-0.3, -0.25) is 4.79 Å². The topological polar surface area (TPSA) is 55.8 Å². The molecule has 0 aromatic rings. The number of hydrogen-bond acceptors (Lipinski definition) is 4. The maximum absolute atomic E-state index is 12.3. The Morgan fingerprint density at radius 2 is 0.750 bits per heavy atom. The summed E-state index contributed by atoms with van der Waals surface area (Å²) < 4.78 is 11.2. The van der Waals surface area contributed by atoms with Gasteiger partial charge in [-0.05, 0) is 64.2 Å². The molecule has 0 aliphatic rings. The highest BCUT2D eigenvalue weighted by molar-refractivity contribution is 5.69. The van der Waals surface area contributed by atoms with E-state index in [4.69, 9.17) is 9.47 Å². The number of allylic oxidation sites excluding steroid dienone is 12. The number of ether oxygens (including phenoxy) is 2. The minimum atomic E-state index is -0.543. The van der Waals surface area contributed by atoms with Gasteiger partial charge >= 0.3 is 5.97 Å². The van der Waals surface area contributed by atoms with Gasteiger partial charge in [0.2, 0.25) is 0 Å². The summed E-state index contributed by atoms with van der Waals surface area (Å²) in [6, 6.07) is 0. The standard InChI is InChI=1S/C56H100O4/c1-3-5-7-9-11-13-15-17-19-21-23-25-27-28-29-30-32-34-36-38-40-42-44-46-48-50-52-59-54-55(53-57)60-56(58)51-49-47-45-43-41-39-37-35-33-31-26-24-22-20-18-16-14-12-10-8-6-4-2/h5,7,11,13,17,19,23,25,28-29,32,34,55,57H,3-4,6,8-10,12,14-16,18,20-22,24,26-27,30-31,33,35-54H2,1-2H3/b7-5-,13-11-,19-17-,25-23-,29-28-,34-32-. The fourth-order valence-corrected chi connectivity index (χ4v) is 7.45. The van der Waals surface area contributed by atoms with E-state index in [1.165, 1.54) is 167 Å². The van der Waals surface area contributed by atoms with Crippen LogP contribution in [0.4, 0.5) is 0 Å². The Labute approximate surface area is 374 Å². The molecule has 0 spiro atoms. The number of hydrogen-bond donors (Lipinski definition) is 1. The molecule has 0 aromatic heterocycles. The SMILES string of the molecule is CC/C=C\C/C=C\C/C=C\C/C=C\C/C=C\C/C=C\CCCCCCCCCOCC(CO)OC(=O)CCCCCCCCCCCCCCCCCCCCCCCC. The molecule has 0 bridgehead atoms. The van der Waals surface area contributed by atoms with Gasteiger partial charge in [0.05, 0.1) is 13.2 Å². The first-order chi connectivity index (χ1) is 29.7. The molecule has 0 saturated carbocycles. The van der Waals surface area contributed by atoms with Crippen molar-refractivity contribution in [1.29, 1.82) is 0 Å². The van der Waals surface area contributed by atoms with E-state index in [-0.39, 0.29) is 19.2 Å². The summed E-state index contributed by atoms with van der Waals surface area (Å²) >= 11 is 0. The van der Waals surface area contributed by atoms with Crippen LogP contribution >= 0.6 is 0 Å². The number of rotatable bonds is 48. The van der Waals surface area contributed by atoms with Gasteiger partial charge < -0.3 is 14.6 Å². The second-order valence-electron chi connectivity index (χ2n) is 17.2. The van der Waals surface area contributed by atoms with Gasteiger partial charge in [-0.1, -0.05) is 254 Å². The van der Waals surface area contributed by atoms with Crippen molar-refractivity contribution in [3.63, 3.8) is 0 Å². The fourth-order valence-electron chi connectivity index (χ4n) is 7.45. The molecule has 4 heteroatoms. The number of carbonyl (C=O) groups is 1. The van der Waals surface area contributed by atoms with Crippen molar-refractivity contribution < 1.29 is 19.4 Å². The fraction of sp³-hybridized carbons (Fsp3) is 0.768. The zero-order chi connectivity index (χ0) is 43.3. The lowest BCUT2D eigenvalue weighted by Crippen LogP contribution is -2.27. The minimum absolute atomic E-state index is 0.177. The Morgan fingerprint density at radius 3 is 1.13 bits per heavy atom. The summed E-state index contributed by atoms with van der Waals surface area (Å²) in [5.74, 6) is -0.202. The van der Waals surface area contributed by atoms with Crippen molar-refractivity contribution in [2.75, 3.05) is 19.8 Å². The molecule has 0 rings (SSSR count). The van der Waals surface area contributed by atoms with Crippen molar-refractivity contribution in [1.82, 2.24) is 0 Å². The summed E-state index contributed by atoms with van der Waals surface area (Å²) in [6.07, 6.45) is 72.8. The van der Waals surface area contributed by atoms with Crippen LogP contribution in [0.1, 0.15) is 251 Å². The number of esters is 1. The summed E-state index contributed by atoms with van der Waals surface area (Å²) in [6.45, 7) is 5.23. The normalized spacial score (nSPS) is 12.9. The molecule has 0 aromatic carbocycles. The lowest BCUT2D eigenvalue weighted by molar-refractivity contribution is -0.154. The first kappa shape index (κ1) is 57.8. The largest absolute Gasteiger partial charge is 0.457 e. The van der Waals surface area contributed by atoms with Crippen LogP contribution in [0.5, 0.6) is 0 Å². The van der Waals surface area contributed by atoms with E-state index in [1.807, 2.05) is 0 Å². The molecule has 0 saturated heterocycles. The van der Waals surface area contributed by atoms with E-state index in [0.29, 0.717) is 13.0 Å². The Balaban J connectivity index is 3.45. The van der Waals surface area contributed by atoms with Gasteiger partial charge in [0, 0.05) is 13.0 Å². The van der Waals surface area contributed by atoms with Gasteiger partial charge in [-0.2, -0.15) is 0 Å². The van der Waals surface area contributed by atoms with E-state index < -0.39 is 6.10 Å². The maximum Gasteiger partial charge on any atom is 0.306 e. The Bertz CT molecular complexity index is 1020. The van der Waals surface area contributed by atoms with Crippen LogP contribution in [0.3, 0.4) is 0 Å². The third-order valence-corrected chi connectivity index (χ3v) is 11.3. The average molecular weight is 837 g/mol. The zero-order valence-electron chi connectivity index (χ0n) is 40.0. The molecule has 1 N–H and O–H groups in total. The summed E-state index contributed by atoms with van der Waals surface area (Å²) in [5, 5.41) is 9.66. The highest BCUT2D eigenvalue weighted by Crippen LogP contribution is 2.16. The second-order valence-corrected chi connectivity index (χ2v) is 17.2. The molecule has 0 aliphatic carbocycles. The van der Waals surface area contributed by atoms with Crippen LogP contribution in [-0.2, 0) is 14.3 Å². The Hall–Kier alpha value is -2.17. The minimum Gasteiger partial charge on any atom is -0.457 e. The van der Waals surface area contributed by atoms with Crippen LogP contribution in [0.25, 0.3) is 0 Å². The molecule has 1 atom stereocenters. The van der Waals surface area contributed by atoms with Crippen LogP contribution < -0.4 is 0 Å². The van der Waals surface area contributed by atoms with Crippen LogP contribution in [0.15, 0.2) is 72.9 Å². The molecular weight excluding hydrogens is 737 g/mol. The van der Waals surface area contributed by atoms with Crippen molar-refractivity contribution in [2.24, 2.45) is 0 Å². The number of aliphatic hydroxyl groups excluding tert-OH is 1. The molecule has 0 amide bonds. The van der Waals surface area contributed by atoms with Gasteiger partial charge in [-0.25, -0.2) is 0 Å². The first-order valence-electron chi connectivity index (χ1n) is 26.0. The molecule has 4 nitrogen and oxygen atoms in total. The zero-order valence-corrected chi connectivity index (χ0v) is 40.0. The van der Waals surface area contributed by atoms with Gasteiger partial charge in [0.25, 0.3) is 0 Å². The van der Waals surface area contributed by atoms with Crippen molar-refractivity contribution in [3.05, 3.63) is 72.9 Å². The maximum atomic E-state index is 12.3. The second kappa shape index (κ2) is 53.0. The Morgan fingerprint density at radius 1 is 0.417 bits per heavy atom. The number of unbranched alkanes of at least 4 members (excludes halogenated alkanes) is 28. The van der Waals surface area contributed by atoms with Crippen LogP contribution in [0.2, 0.25) is 0 Å². The molecule has 0 aliphatic heterocycles. The summed E-state index contributed by atoms with van der Waals surface area (Å²) in [5.41, 5.74) is 0. The predicted molar refractivity (Wildman–Crippen MR) is 265 cm³/mol. The lowest BCUT2D eigenvalue weighted by atomic mass is 10.0. The average Bonchev–Trinajstić information content (AvgIpc) is 3.25. The monoisotopic (exact) mass is 837 g/mol. The third-order valence-electron chi connectivity index (χ3n) is 11.3. The predicted octanol–water partition coefficient (Wildman–Crippen LogP) is 17.7. The third kappa shape index (κ3) is 50.2. The van der Waals surface area contributed by atoms with E-state index in [9.17, 15) is 9.90 Å². The molecular formula is C56H100O4. The highest BCUT2D eigenvalue weighted by atomic mass is 16.6. The molecule has 0 heterocycles. The molecule has 1 unspecified atom stereocenters. The highest BCUT2D eigenvalue weighted by Gasteiger charge is 2.13. The molecule has 0 radical (unpaired) electrons. The van der Waals surface area contributed by atoms with Crippen molar-refractivity contribution in [2.45, 2.75) is 258 Å². The molecule has 60 heavy (non-hydrogen) atoms. The molecule has 0 fully saturated rings. The summed E-state index contributed by atoms with van der Waals surface area (Å²) in [4.78, 5) is 12.3. The van der Waals surface area contributed by atoms with Crippen molar-refractivity contribution in [3.8, 4) is 0 Å².